The Morgan fingerprint density at radius 3 is 2.78 bits per heavy atom. The molecule has 9 heteroatoms. The van der Waals surface area contributed by atoms with Crippen LogP contribution in [0.2, 0.25) is 0 Å². The summed E-state index contributed by atoms with van der Waals surface area (Å²) in [7, 11) is 1.91. The standard InChI is InChI=1S/C27H33N5O4/c1-31-19-28-14-23(31)9-11-29-27(35)21-7-4-8-25(13-21)36-18-26(34)30-15-24(33)17-32-12-10-20-5-2-3-6-22(20)16-32/h2-8,13-14,19,24,33H,9-12,15-18H2,1H3,(H,29,35)(H,30,34). The van der Waals surface area contributed by atoms with E-state index in [9.17, 15) is 14.7 Å². The Bertz CT molecular complexity index is 1180. The molecule has 2 amide bonds. The van der Waals surface area contributed by atoms with Crippen LogP contribution in [-0.2, 0) is 31.2 Å². The summed E-state index contributed by atoms with van der Waals surface area (Å²) in [4.78, 5) is 30.9. The molecule has 2 aromatic carbocycles. The zero-order valence-corrected chi connectivity index (χ0v) is 20.5. The number of hydrogen-bond donors (Lipinski definition) is 3. The minimum atomic E-state index is -0.669. The van der Waals surface area contributed by atoms with Crippen LogP contribution in [0.4, 0.5) is 0 Å². The van der Waals surface area contributed by atoms with E-state index in [0.717, 1.165) is 25.2 Å². The molecule has 3 N–H and O–H groups in total. The number of aryl methyl sites for hydroxylation is 1. The monoisotopic (exact) mass is 491 g/mol. The Morgan fingerprint density at radius 2 is 1.97 bits per heavy atom. The predicted octanol–water partition coefficient (Wildman–Crippen LogP) is 1.31. The molecule has 0 spiro atoms. The fourth-order valence-electron chi connectivity index (χ4n) is 4.26. The summed E-state index contributed by atoms with van der Waals surface area (Å²) in [6, 6.07) is 15.1. The van der Waals surface area contributed by atoms with Crippen LogP contribution in [0.15, 0.2) is 61.1 Å². The third-order valence-electron chi connectivity index (χ3n) is 6.26. The molecule has 1 unspecified atom stereocenters. The van der Waals surface area contributed by atoms with Crippen LogP contribution >= 0.6 is 0 Å². The van der Waals surface area contributed by atoms with E-state index in [-0.39, 0.29) is 25.0 Å². The van der Waals surface area contributed by atoms with Crippen LogP contribution in [0.5, 0.6) is 5.75 Å². The number of β-amino-alcohol motifs (C(OH)–C–C–N with tert-alkyl or cyclic N) is 1. The van der Waals surface area contributed by atoms with Crippen molar-refractivity contribution in [1.29, 1.82) is 0 Å². The number of benzene rings is 2. The van der Waals surface area contributed by atoms with E-state index in [1.807, 2.05) is 17.7 Å². The van der Waals surface area contributed by atoms with Crippen molar-refractivity contribution in [3.8, 4) is 5.75 Å². The number of hydrogen-bond acceptors (Lipinski definition) is 6. The number of carbonyl (C=O) groups excluding carboxylic acids is 2. The van der Waals surface area contributed by atoms with Crippen LogP contribution in [0, 0.1) is 0 Å². The lowest BCUT2D eigenvalue weighted by atomic mass is 10.00. The van der Waals surface area contributed by atoms with Gasteiger partial charge < -0.3 is 25.0 Å². The Balaban J connectivity index is 1.15. The molecular weight excluding hydrogens is 458 g/mol. The van der Waals surface area contributed by atoms with Gasteiger partial charge in [0.2, 0.25) is 0 Å². The largest absolute Gasteiger partial charge is 0.484 e. The van der Waals surface area contributed by atoms with Crippen molar-refractivity contribution in [2.45, 2.75) is 25.5 Å². The van der Waals surface area contributed by atoms with Gasteiger partial charge in [0.25, 0.3) is 11.8 Å². The number of amides is 2. The van der Waals surface area contributed by atoms with E-state index in [1.54, 1.807) is 36.8 Å². The highest BCUT2D eigenvalue weighted by molar-refractivity contribution is 5.94. The summed E-state index contributed by atoms with van der Waals surface area (Å²) in [6.45, 7) is 2.62. The lowest BCUT2D eigenvalue weighted by molar-refractivity contribution is -0.123. The quantitative estimate of drug-likeness (QED) is 0.373. The van der Waals surface area contributed by atoms with E-state index in [4.69, 9.17) is 4.74 Å². The first-order valence-electron chi connectivity index (χ1n) is 12.2. The predicted molar refractivity (Wildman–Crippen MR) is 136 cm³/mol. The molecule has 9 nitrogen and oxygen atoms in total. The average molecular weight is 492 g/mol. The van der Waals surface area contributed by atoms with E-state index in [0.29, 0.717) is 30.8 Å². The van der Waals surface area contributed by atoms with Gasteiger partial charge in [-0.3, -0.25) is 14.5 Å². The van der Waals surface area contributed by atoms with Gasteiger partial charge in [0.1, 0.15) is 5.75 Å². The van der Waals surface area contributed by atoms with Crippen molar-refractivity contribution in [2.24, 2.45) is 7.05 Å². The van der Waals surface area contributed by atoms with Crippen LogP contribution in [0.3, 0.4) is 0 Å². The molecule has 3 aromatic rings. The number of aliphatic hydroxyl groups excluding tert-OH is 1. The second-order valence-electron chi connectivity index (χ2n) is 9.03. The number of carbonyl (C=O) groups is 2. The number of aromatic nitrogens is 2. The Morgan fingerprint density at radius 1 is 1.14 bits per heavy atom. The van der Waals surface area contributed by atoms with Crippen molar-refractivity contribution in [2.75, 3.05) is 32.8 Å². The maximum atomic E-state index is 12.5. The maximum absolute atomic E-state index is 12.5. The lowest BCUT2D eigenvalue weighted by Crippen LogP contribution is -2.42. The number of aliphatic hydroxyl groups is 1. The third-order valence-corrected chi connectivity index (χ3v) is 6.26. The Hall–Kier alpha value is -3.69. The fraction of sp³-hybridized carbons (Fsp3) is 0.370. The minimum Gasteiger partial charge on any atom is -0.484 e. The van der Waals surface area contributed by atoms with Crippen LogP contribution in [-0.4, -0.2) is 70.3 Å². The minimum absolute atomic E-state index is 0.152. The van der Waals surface area contributed by atoms with Crippen molar-refractivity contribution in [3.63, 3.8) is 0 Å². The molecule has 1 atom stereocenters. The van der Waals surface area contributed by atoms with Crippen LogP contribution < -0.4 is 15.4 Å². The van der Waals surface area contributed by atoms with Gasteiger partial charge in [-0.1, -0.05) is 30.3 Å². The molecular formula is C27H33N5O4. The molecule has 0 saturated carbocycles. The molecule has 0 aliphatic carbocycles. The number of nitrogens with one attached hydrogen (secondary N) is 2. The van der Waals surface area contributed by atoms with Crippen molar-refractivity contribution < 1.29 is 19.4 Å². The van der Waals surface area contributed by atoms with Gasteiger partial charge >= 0.3 is 0 Å². The van der Waals surface area contributed by atoms with Gasteiger partial charge in [0.05, 0.1) is 12.4 Å². The first-order valence-corrected chi connectivity index (χ1v) is 12.2. The first-order chi connectivity index (χ1) is 17.5. The molecule has 0 radical (unpaired) electrons. The van der Waals surface area contributed by atoms with Gasteiger partial charge in [-0.15, -0.1) is 0 Å². The highest BCUT2D eigenvalue weighted by atomic mass is 16.5. The number of nitrogens with zero attached hydrogens (tertiary/aromatic N) is 3. The van der Waals surface area contributed by atoms with Gasteiger partial charge in [-0.25, -0.2) is 4.98 Å². The molecule has 1 aliphatic rings. The summed E-state index contributed by atoms with van der Waals surface area (Å²) in [5.41, 5.74) is 4.14. The average Bonchev–Trinajstić information content (AvgIpc) is 3.30. The Labute approximate surface area is 211 Å². The maximum Gasteiger partial charge on any atom is 0.258 e. The van der Waals surface area contributed by atoms with Crippen molar-refractivity contribution in [1.82, 2.24) is 25.1 Å². The SMILES string of the molecule is Cn1cncc1CCNC(=O)c1cccc(OCC(=O)NCC(O)CN2CCc3ccccc3C2)c1. The molecule has 36 heavy (non-hydrogen) atoms. The van der Waals surface area contributed by atoms with Gasteiger partial charge in [0, 0.05) is 63.6 Å². The Kier molecular flexibility index (Phi) is 8.70. The molecule has 190 valence electrons. The zero-order valence-electron chi connectivity index (χ0n) is 20.5. The van der Waals surface area contributed by atoms with Crippen molar-refractivity contribution in [3.05, 3.63) is 83.4 Å². The molecule has 4 rings (SSSR count). The van der Waals surface area contributed by atoms with E-state index in [1.165, 1.54) is 11.1 Å². The summed E-state index contributed by atoms with van der Waals surface area (Å²) >= 11 is 0. The van der Waals surface area contributed by atoms with Crippen molar-refractivity contribution >= 4 is 11.8 Å². The van der Waals surface area contributed by atoms with Gasteiger partial charge in [0.15, 0.2) is 6.61 Å². The summed E-state index contributed by atoms with van der Waals surface area (Å²) in [5.74, 6) is -0.114. The van der Waals surface area contributed by atoms with Crippen LogP contribution in [0.25, 0.3) is 0 Å². The van der Waals surface area contributed by atoms with Gasteiger partial charge in [-0.2, -0.15) is 0 Å². The number of fused-ring (bicyclic) bond motifs is 1. The lowest BCUT2D eigenvalue weighted by Gasteiger charge is -2.30. The zero-order chi connectivity index (χ0) is 25.3. The summed E-state index contributed by atoms with van der Waals surface area (Å²) < 4.78 is 7.48. The highest BCUT2D eigenvalue weighted by Gasteiger charge is 2.19. The molecule has 1 aliphatic heterocycles. The molecule has 0 bridgehead atoms. The fourth-order valence-corrected chi connectivity index (χ4v) is 4.26. The number of rotatable bonds is 11. The highest BCUT2D eigenvalue weighted by Crippen LogP contribution is 2.18. The van der Waals surface area contributed by atoms with Gasteiger partial charge in [-0.05, 0) is 35.7 Å². The van der Waals surface area contributed by atoms with Crippen LogP contribution in [0.1, 0.15) is 27.2 Å². The first kappa shape index (κ1) is 25.4. The van der Waals surface area contributed by atoms with E-state index < -0.39 is 6.10 Å². The van der Waals surface area contributed by atoms with E-state index in [2.05, 4.69) is 38.7 Å². The summed E-state index contributed by atoms with van der Waals surface area (Å²) in [5, 5.41) is 16.0. The second-order valence-corrected chi connectivity index (χ2v) is 9.03. The molecule has 0 fully saturated rings. The number of imidazole rings is 1. The third kappa shape index (κ3) is 7.16. The smallest absolute Gasteiger partial charge is 0.258 e. The van der Waals surface area contributed by atoms with E-state index >= 15 is 0 Å². The molecule has 0 saturated heterocycles. The normalized spacial score (nSPS) is 14.1. The second kappa shape index (κ2) is 12.3. The molecule has 1 aromatic heterocycles. The summed E-state index contributed by atoms with van der Waals surface area (Å²) in [6.07, 6.45) is 4.47. The topological polar surface area (TPSA) is 109 Å². The number of ether oxygens (including phenoxy) is 1. The molecule has 2 heterocycles.